The first-order chi connectivity index (χ1) is 7.59. The van der Waals surface area contributed by atoms with Crippen LogP contribution in [0.5, 0.6) is 0 Å². The minimum atomic E-state index is -4.66. The van der Waals surface area contributed by atoms with E-state index in [1.54, 1.807) is 0 Å². The van der Waals surface area contributed by atoms with Gasteiger partial charge in [-0.1, -0.05) is 6.42 Å². The average Bonchev–Trinajstić information content (AvgIpc) is 2.14. The number of ketones is 1. The van der Waals surface area contributed by atoms with E-state index in [0.717, 1.165) is 6.92 Å². The molecule has 5 N–H and O–H groups in total. The molecule has 0 aliphatic heterocycles. The second-order valence-corrected chi connectivity index (χ2v) is 6.09. The Morgan fingerprint density at radius 1 is 1.18 bits per heavy atom. The van der Waals surface area contributed by atoms with E-state index in [1.165, 1.54) is 0 Å². The summed E-state index contributed by atoms with van der Waals surface area (Å²) >= 11 is 0. The first kappa shape index (κ1) is 16.2. The van der Waals surface area contributed by atoms with Crippen LogP contribution in [0.4, 0.5) is 0 Å². The molecule has 0 saturated heterocycles. The number of hydrogen-bond donors (Lipinski definition) is 4. The fraction of sp³-hybridized carbons (Fsp3) is 0.778. The van der Waals surface area contributed by atoms with E-state index in [2.05, 4.69) is 0 Å². The fourth-order valence-electron chi connectivity index (χ4n) is 1.15. The van der Waals surface area contributed by atoms with Crippen LogP contribution in [0.25, 0.3) is 0 Å². The van der Waals surface area contributed by atoms with Gasteiger partial charge in [-0.25, -0.2) is 0 Å². The van der Waals surface area contributed by atoms with Gasteiger partial charge >= 0.3 is 13.6 Å². The second-order valence-electron chi connectivity index (χ2n) is 4.07. The van der Waals surface area contributed by atoms with Crippen molar-refractivity contribution in [2.75, 3.05) is 0 Å². The van der Waals surface area contributed by atoms with Crippen molar-refractivity contribution in [1.82, 2.24) is 0 Å². The number of unbranched alkanes of at least 4 members (excludes halogenated alkanes) is 2. The lowest BCUT2D eigenvalue weighted by molar-refractivity contribution is -0.137. The monoisotopic (exact) mass is 267 g/mol. The van der Waals surface area contributed by atoms with Gasteiger partial charge in [-0.3, -0.25) is 14.2 Å². The number of aliphatic carboxylic acids is 1. The summed E-state index contributed by atoms with van der Waals surface area (Å²) < 4.78 is 10.9. The van der Waals surface area contributed by atoms with Crippen molar-refractivity contribution in [1.29, 1.82) is 0 Å². The Labute approximate surface area is 99.2 Å². The molecule has 7 nitrogen and oxygen atoms in total. The summed E-state index contributed by atoms with van der Waals surface area (Å²) in [4.78, 5) is 39.4. The molecule has 0 aliphatic rings. The highest BCUT2D eigenvalue weighted by Crippen LogP contribution is 2.47. The molecule has 0 rings (SSSR count). The Balaban J connectivity index is 4.03. The zero-order chi connectivity index (χ0) is 13.7. The number of hydrogen-bond acceptors (Lipinski definition) is 4. The normalized spacial score (nSPS) is 15.3. The van der Waals surface area contributed by atoms with Crippen LogP contribution in [0.1, 0.15) is 39.0 Å². The maximum Gasteiger partial charge on any atom is 0.352 e. The number of carboxylic acids is 1. The molecule has 0 unspecified atom stereocenters. The predicted molar refractivity (Wildman–Crippen MR) is 60.4 cm³/mol. The van der Waals surface area contributed by atoms with Crippen LogP contribution in [-0.2, 0) is 14.2 Å². The topological polar surface area (TPSA) is 138 Å². The van der Waals surface area contributed by atoms with Gasteiger partial charge in [0, 0.05) is 12.8 Å². The molecule has 0 fully saturated rings. The summed E-state index contributed by atoms with van der Waals surface area (Å²) in [6, 6.07) is 0. The molecule has 0 amide bonds. The van der Waals surface area contributed by atoms with E-state index in [9.17, 15) is 14.2 Å². The van der Waals surface area contributed by atoms with Gasteiger partial charge in [0.2, 0.25) is 0 Å². The molecular formula is C9H18NO6P. The summed E-state index contributed by atoms with van der Waals surface area (Å²) in [5.41, 5.74) is 5.29. The third kappa shape index (κ3) is 5.41. The first-order valence-electron chi connectivity index (χ1n) is 5.18. The molecule has 0 aromatic carbocycles. The molecule has 0 bridgehead atoms. The van der Waals surface area contributed by atoms with E-state index in [0.29, 0.717) is 19.3 Å². The molecule has 0 aliphatic carbocycles. The van der Waals surface area contributed by atoms with Crippen LogP contribution < -0.4 is 5.73 Å². The van der Waals surface area contributed by atoms with Crippen molar-refractivity contribution in [3.8, 4) is 0 Å². The summed E-state index contributed by atoms with van der Waals surface area (Å²) in [5, 5.41) is 6.22. The molecular weight excluding hydrogens is 249 g/mol. The number of carbonyl (C=O) groups is 2. The van der Waals surface area contributed by atoms with Gasteiger partial charge in [-0.2, -0.15) is 0 Å². The van der Waals surface area contributed by atoms with Crippen LogP contribution in [-0.4, -0.2) is 31.9 Å². The third-order valence-electron chi connectivity index (χ3n) is 2.46. The lowest BCUT2D eigenvalue weighted by atomic mass is 10.1. The number of carbonyl (C=O) groups excluding carboxylic acids is 1. The van der Waals surface area contributed by atoms with Crippen LogP contribution >= 0.6 is 7.60 Å². The van der Waals surface area contributed by atoms with Gasteiger partial charge in [-0.15, -0.1) is 0 Å². The van der Waals surface area contributed by atoms with E-state index < -0.39 is 24.6 Å². The van der Waals surface area contributed by atoms with E-state index in [1.807, 2.05) is 0 Å². The summed E-state index contributed by atoms with van der Waals surface area (Å²) in [6.45, 7) is 1.01. The molecule has 0 aromatic heterocycles. The minimum absolute atomic E-state index is 0.0204. The van der Waals surface area contributed by atoms with Crippen molar-refractivity contribution in [2.45, 2.75) is 44.3 Å². The molecule has 100 valence electrons. The van der Waals surface area contributed by atoms with Crippen LogP contribution in [0.15, 0.2) is 0 Å². The molecule has 0 radical (unpaired) electrons. The van der Waals surface area contributed by atoms with Crippen LogP contribution in [0.2, 0.25) is 0 Å². The van der Waals surface area contributed by atoms with Gasteiger partial charge in [0.05, 0.1) is 0 Å². The molecule has 0 heterocycles. The zero-order valence-corrected chi connectivity index (χ0v) is 10.5. The highest BCUT2D eigenvalue weighted by atomic mass is 31.2. The largest absolute Gasteiger partial charge is 0.481 e. The van der Waals surface area contributed by atoms with Crippen molar-refractivity contribution in [2.24, 2.45) is 5.73 Å². The summed E-state index contributed by atoms with van der Waals surface area (Å²) in [6.07, 6.45) is 1.28. The lowest BCUT2D eigenvalue weighted by Gasteiger charge is -2.23. The van der Waals surface area contributed by atoms with Gasteiger partial charge in [0.1, 0.15) is 0 Å². The Bertz CT molecular complexity index is 334. The van der Waals surface area contributed by atoms with Gasteiger partial charge in [0.15, 0.2) is 11.1 Å². The molecule has 8 heteroatoms. The summed E-state index contributed by atoms with van der Waals surface area (Å²) in [5.74, 6) is -1.61. The molecule has 1 atom stereocenters. The van der Waals surface area contributed by atoms with E-state index in [4.69, 9.17) is 20.6 Å². The van der Waals surface area contributed by atoms with E-state index in [-0.39, 0.29) is 12.8 Å². The molecule has 17 heavy (non-hydrogen) atoms. The third-order valence-corrected chi connectivity index (χ3v) is 3.92. The fourth-order valence-corrected chi connectivity index (χ4v) is 1.59. The van der Waals surface area contributed by atoms with Crippen molar-refractivity contribution >= 4 is 19.3 Å². The minimum Gasteiger partial charge on any atom is -0.481 e. The SMILES string of the molecule is C[C@](N)(C(=O)CCCCCC(=O)O)P(=O)(O)O. The number of rotatable bonds is 8. The van der Waals surface area contributed by atoms with Gasteiger partial charge < -0.3 is 20.6 Å². The predicted octanol–water partition coefficient (Wildman–Crippen LogP) is 0.443. The number of nitrogens with two attached hydrogens (primary N) is 1. The van der Waals surface area contributed by atoms with Crippen molar-refractivity contribution in [3.63, 3.8) is 0 Å². The van der Waals surface area contributed by atoms with Gasteiger partial charge in [0.25, 0.3) is 0 Å². The quantitative estimate of drug-likeness (QED) is 0.369. The highest BCUT2D eigenvalue weighted by Gasteiger charge is 2.44. The molecule has 0 spiro atoms. The highest BCUT2D eigenvalue weighted by molar-refractivity contribution is 7.54. The molecule has 0 saturated carbocycles. The number of Topliss-reactive ketones (excluding diaryl/α,β-unsaturated/α-hetero) is 1. The van der Waals surface area contributed by atoms with Crippen molar-refractivity contribution < 1.29 is 29.0 Å². The Hall–Kier alpha value is -0.750. The summed E-state index contributed by atoms with van der Waals surface area (Å²) in [7, 11) is -4.66. The van der Waals surface area contributed by atoms with Crippen LogP contribution in [0.3, 0.4) is 0 Å². The Kier molecular flexibility index (Phi) is 5.98. The zero-order valence-electron chi connectivity index (χ0n) is 9.63. The van der Waals surface area contributed by atoms with E-state index >= 15 is 0 Å². The average molecular weight is 267 g/mol. The second kappa shape index (κ2) is 6.26. The lowest BCUT2D eigenvalue weighted by Crippen LogP contribution is -2.44. The Morgan fingerprint density at radius 2 is 1.65 bits per heavy atom. The maximum atomic E-state index is 11.5. The smallest absolute Gasteiger partial charge is 0.352 e. The standard InChI is InChI=1S/C9H18NO6P/c1-9(10,17(14,15)16)7(11)5-3-2-4-6-8(12)13/h2-6,10H2,1H3,(H,12,13)(H2,14,15,16)/t9-/m1/s1. The first-order valence-corrected chi connectivity index (χ1v) is 6.80. The molecule has 0 aromatic rings. The van der Waals surface area contributed by atoms with Gasteiger partial charge in [-0.05, 0) is 19.8 Å². The Morgan fingerprint density at radius 3 is 2.06 bits per heavy atom. The van der Waals surface area contributed by atoms with Crippen molar-refractivity contribution in [3.05, 3.63) is 0 Å². The van der Waals surface area contributed by atoms with Crippen LogP contribution in [0, 0.1) is 0 Å². The number of carboxylic acid groups (broad SMARTS) is 1. The maximum absolute atomic E-state index is 11.5.